The molecule has 0 heterocycles. The molecule has 5 heteroatoms. The van der Waals surface area contributed by atoms with Gasteiger partial charge in [0.2, 0.25) is 0 Å². The van der Waals surface area contributed by atoms with Crippen LogP contribution < -0.4 is 15.9 Å². The molecule has 3 aromatic carbocycles. The SMILES string of the molecule is O=S([O-])[O-].c1ccc(P(c2ccccc2)c2ccccc2)cc1. The minimum atomic E-state index is -3.11. The van der Waals surface area contributed by atoms with Gasteiger partial charge in [-0.25, -0.2) is 0 Å². The topological polar surface area (TPSA) is 63.2 Å². The molecule has 3 aromatic rings. The molecular formula is C18H15O3PS-2. The fraction of sp³-hybridized carbons (Fsp3) is 0. The zero-order chi connectivity index (χ0) is 16.5. The first-order valence-electron chi connectivity index (χ1n) is 6.90. The van der Waals surface area contributed by atoms with Crippen molar-refractivity contribution in [2.45, 2.75) is 0 Å². The zero-order valence-corrected chi connectivity index (χ0v) is 14.0. The maximum absolute atomic E-state index is 8.44. The van der Waals surface area contributed by atoms with E-state index in [0.29, 0.717) is 0 Å². The number of benzene rings is 3. The summed E-state index contributed by atoms with van der Waals surface area (Å²) < 4.78 is 25.3. The average Bonchev–Trinajstić information content (AvgIpc) is 2.58. The predicted octanol–water partition coefficient (Wildman–Crippen LogP) is 2.44. The van der Waals surface area contributed by atoms with E-state index in [1.54, 1.807) is 0 Å². The lowest BCUT2D eigenvalue weighted by atomic mass is 10.4. The molecule has 3 nitrogen and oxygen atoms in total. The molecule has 0 spiro atoms. The van der Waals surface area contributed by atoms with Gasteiger partial charge in [0.1, 0.15) is 0 Å². The van der Waals surface area contributed by atoms with E-state index in [1.807, 2.05) is 0 Å². The Kier molecular flexibility index (Phi) is 7.11. The monoisotopic (exact) mass is 342 g/mol. The van der Waals surface area contributed by atoms with Gasteiger partial charge in [-0.15, -0.1) is 11.4 Å². The van der Waals surface area contributed by atoms with E-state index < -0.39 is 19.3 Å². The summed E-state index contributed by atoms with van der Waals surface area (Å²) in [6, 6.07) is 32.3. The van der Waals surface area contributed by atoms with E-state index in [4.69, 9.17) is 13.3 Å². The third-order valence-corrected chi connectivity index (χ3v) is 5.49. The lowest BCUT2D eigenvalue weighted by molar-refractivity contribution is 0.419. The lowest BCUT2D eigenvalue weighted by Gasteiger charge is -2.18. The molecule has 0 aliphatic heterocycles. The Bertz CT molecular complexity index is 623. The van der Waals surface area contributed by atoms with Crippen LogP contribution in [0.1, 0.15) is 0 Å². The molecule has 0 aliphatic rings. The molecule has 0 aliphatic carbocycles. The maximum atomic E-state index is 8.44. The second kappa shape index (κ2) is 9.33. The molecule has 0 radical (unpaired) electrons. The zero-order valence-electron chi connectivity index (χ0n) is 12.2. The summed E-state index contributed by atoms with van der Waals surface area (Å²) in [4.78, 5) is 0. The van der Waals surface area contributed by atoms with E-state index in [2.05, 4.69) is 91.0 Å². The Hall–Kier alpha value is -1.84. The highest BCUT2D eigenvalue weighted by atomic mass is 32.2. The summed E-state index contributed by atoms with van der Waals surface area (Å²) in [7, 11) is -0.446. The second-order valence-corrected chi connectivity index (χ2v) is 7.17. The Morgan fingerprint density at radius 1 is 0.565 bits per heavy atom. The quantitative estimate of drug-likeness (QED) is 0.542. The van der Waals surface area contributed by atoms with Crippen molar-refractivity contribution in [3.05, 3.63) is 91.0 Å². The van der Waals surface area contributed by atoms with Gasteiger partial charge in [0.15, 0.2) is 0 Å². The maximum Gasteiger partial charge on any atom is -0.0134 e. The van der Waals surface area contributed by atoms with E-state index in [0.717, 1.165) is 0 Å². The van der Waals surface area contributed by atoms with Gasteiger partial charge in [-0.3, -0.25) is 4.21 Å². The van der Waals surface area contributed by atoms with Crippen molar-refractivity contribution in [3.8, 4) is 0 Å². The lowest BCUT2D eigenvalue weighted by Crippen LogP contribution is -2.20. The van der Waals surface area contributed by atoms with Gasteiger partial charge in [-0.2, -0.15) is 0 Å². The summed E-state index contributed by atoms with van der Waals surface area (Å²) in [6.07, 6.45) is 0. The van der Waals surface area contributed by atoms with Crippen molar-refractivity contribution in [1.29, 1.82) is 0 Å². The van der Waals surface area contributed by atoms with Crippen LogP contribution in [0.2, 0.25) is 0 Å². The van der Waals surface area contributed by atoms with E-state index in [1.165, 1.54) is 15.9 Å². The summed E-state index contributed by atoms with van der Waals surface area (Å²) >= 11 is -3.11. The molecule has 23 heavy (non-hydrogen) atoms. The first-order valence-corrected chi connectivity index (χ1v) is 9.24. The van der Waals surface area contributed by atoms with E-state index in [9.17, 15) is 0 Å². The largest absolute Gasteiger partial charge is 0.784 e. The molecule has 0 atom stereocenters. The van der Waals surface area contributed by atoms with Crippen LogP contribution in [-0.4, -0.2) is 13.3 Å². The minimum Gasteiger partial charge on any atom is -0.784 e. The molecule has 0 saturated carbocycles. The third-order valence-electron chi connectivity index (χ3n) is 3.04. The van der Waals surface area contributed by atoms with Crippen LogP contribution in [0.5, 0.6) is 0 Å². The molecular weight excluding hydrogens is 327 g/mol. The number of hydrogen-bond acceptors (Lipinski definition) is 3. The molecule has 0 N–H and O–H groups in total. The van der Waals surface area contributed by atoms with E-state index >= 15 is 0 Å². The summed E-state index contributed by atoms with van der Waals surface area (Å²) in [5.41, 5.74) is 0. The van der Waals surface area contributed by atoms with Crippen molar-refractivity contribution >= 4 is 35.2 Å². The van der Waals surface area contributed by atoms with E-state index in [-0.39, 0.29) is 0 Å². The summed E-state index contributed by atoms with van der Waals surface area (Å²) in [5.74, 6) is 0. The van der Waals surface area contributed by atoms with Crippen molar-refractivity contribution in [2.75, 3.05) is 0 Å². The Balaban J connectivity index is 0.000000433. The van der Waals surface area contributed by atoms with Gasteiger partial charge < -0.3 is 9.11 Å². The fourth-order valence-corrected chi connectivity index (χ4v) is 4.48. The van der Waals surface area contributed by atoms with Gasteiger partial charge in [-0.1, -0.05) is 91.0 Å². The van der Waals surface area contributed by atoms with Crippen LogP contribution >= 0.6 is 7.92 Å². The highest BCUT2D eigenvalue weighted by Gasteiger charge is 2.14. The first kappa shape index (κ1) is 17.5. The van der Waals surface area contributed by atoms with Gasteiger partial charge in [0.05, 0.1) is 0 Å². The van der Waals surface area contributed by atoms with Crippen LogP contribution in [0, 0.1) is 0 Å². The van der Waals surface area contributed by atoms with Crippen LogP contribution in [0.3, 0.4) is 0 Å². The highest BCUT2D eigenvalue weighted by molar-refractivity contribution is 7.79. The number of rotatable bonds is 3. The molecule has 0 bridgehead atoms. The smallest absolute Gasteiger partial charge is 0.0134 e. The predicted molar refractivity (Wildman–Crippen MR) is 94.8 cm³/mol. The highest BCUT2D eigenvalue weighted by Crippen LogP contribution is 2.32. The molecule has 0 amide bonds. The molecule has 0 fully saturated rings. The Labute approximate surface area is 139 Å². The van der Waals surface area contributed by atoms with Crippen LogP contribution in [0.15, 0.2) is 91.0 Å². The van der Waals surface area contributed by atoms with Crippen molar-refractivity contribution in [2.24, 2.45) is 0 Å². The van der Waals surface area contributed by atoms with Gasteiger partial charge in [0.25, 0.3) is 0 Å². The average molecular weight is 342 g/mol. The normalized spacial score (nSPS) is 10.3. The third kappa shape index (κ3) is 5.70. The van der Waals surface area contributed by atoms with Gasteiger partial charge in [0, 0.05) is 0 Å². The van der Waals surface area contributed by atoms with Crippen molar-refractivity contribution in [3.63, 3.8) is 0 Å². The van der Waals surface area contributed by atoms with Crippen LogP contribution in [0.4, 0.5) is 0 Å². The molecule has 3 rings (SSSR count). The number of hydrogen-bond donors (Lipinski definition) is 0. The second-order valence-electron chi connectivity index (χ2n) is 4.55. The Morgan fingerprint density at radius 2 is 0.783 bits per heavy atom. The van der Waals surface area contributed by atoms with Crippen LogP contribution in [0.25, 0.3) is 0 Å². The first-order chi connectivity index (χ1) is 11.2. The van der Waals surface area contributed by atoms with Crippen molar-refractivity contribution < 1.29 is 13.3 Å². The van der Waals surface area contributed by atoms with Crippen molar-refractivity contribution in [1.82, 2.24) is 0 Å². The summed E-state index contributed by atoms with van der Waals surface area (Å²) in [6.45, 7) is 0. The molecule has 0 aromatic heterocycles. The molecule has 0 saturated heterocycles. The minimum absolute atomic E-state index is 0.446. The fourth-order valence-electron chi connectivity index (χ4n) is 2.18. The Morgan fingerprint density at radius 3 is 1.00 bits per heavy atom. The summed E-state index contributed by atoms with van der Waals surface area (Å²) in [5, 5.41) is 4.19. The molecule has 0 unspecified atom stereocenters. The standard InChI is InChI=1S/C18H15P.H2O3S/c1-4-10-16(11-5-1)19(17-12-6-2-7-13-17)18-14-8-3-9-15-18;1-4(2)3/h1-15H;(H2,1,2,3)/p-2. The van der Waals surface area contributed by atoms with Gasteiger partial charge in [-0.05, 0) is 23.8 Å². The molecule has 118 valence electrons. The van der Waals surface area contributed by atoms with Crippen LogP contribution in [-0.2, 0) is 11.4 Å². The van der Waals surface area contributed by atoms with Gasteiger partial charge >= 0.3 is 0 Å².